The smallest absolute Gasteiger partial charge is 0.0992 e. The summed E-state index contributed by atoms with van der Waals surface area (Å²) in [6, 6.07) is 7.93. The molecule has 0 radical (unpaired) electrons. The molecular formula is C13H12N2. The van der Waals surface area contributed by atoms with Gasteiger partial charge in [0.2, 0.25) is 0 Å². The van der Waals surface area contributed by atoms with Crippen molar-refractivity contribution in [3.8, 4) is 6.07 Å². The highest BCUT2D eigenvalue weighted by Gasteiger charge is 2.11. The van der Waals surface area contributed by atoms with Gasteiger partial charge in [-0.05, 0) is 17.7 Å². The lowest BCUT2D eigenvalue weighted by molar-refractivity contribution is 0.946. The van der Waals surface area contributed by atoms with Crippen LogP contribution in [0.25, 0.3) is 6.08 Å². The van der Waals surface area contributed by atoms with E-state index < -0.39 is 0 Å². The predicted octanol–water partition coefficient (Wildman–Crippen LogP) is 2.58. The van der Waals surface area contributed by atoms with Crippen LogP contribution in [0.1, 0.15) is 11.1 Å². The van der Waals surface area contributed by atoms with Gasteiger partial charge in [0.25, 0.3) is 0 Å². The molecule has 2 heteroatoms. The number of nitrogens with zero attached hydrogens (tertiary/aromatic N) is 2. The van der Waals surface area contributed by atoms with Crippen LogP contribution >= 0.6 is 0 Å². The summed E-state index contributed by atoms with van der Waals surface area (Å²) in [6.07, 6.45) is 6.09. The molecule has 1 aliphatic heterocycles. The van der Waals surface area contributed by atoms with Crippen molar-refractivity contribution in [2.75, 3.05) is 18.0 Å². The van der Waals surface area contributed by atoms with E-state index in [9.17, 15) is 0 Å². The lowest BCUT2D eigenvalue weighted by Gasteiger charge is -2.26. The number of anilines is 1. The Labute approximate surface area is 89.8 Å². The van der Waals surface area contributed by atoms with Gasteiger partial charge in [-0.3, -0.25) is 0 Å². The van der Waals surface area contributed by atoms with E-state index in [-0.39, 0.29) is 0 Å². The fourth-order valence-electron chi connectivity index (χ4n) is 1.76. The van der Waals surface area contributed by atoms with E-state index in [1.165, 1.54) is 5.56 Å². The molecule has 1 aromatic carbocycles. The number of nitriles is 1. The van der Waals surface area contributed by atoms with E-state index in [0.29, 0.717) is 5.56 Å². The van der Waals surface area contributed by atoms with Crippen LogP contribution in [0.3, 0.4) is 0 Å². The minimum absolute atomic E-state index is 0.707. The first-order valence-electron chi connectivity index (χ1n) is 4.91. The summed E-state index contributed by atoms with van der Waals surface area (Å²) < 4.78 is 0. The lowest BCUT2D eigenvalue weighted by atomic mass is 10.1. The van der Waals surface area contributed by atoms with Gasteiger partial charge in [-0.2, -0.15) is 5.26 Å². The summed E-state index contributed by atoms with van der Waals surface area (Å²) in [5.41, 5.74) is 3.00. The summed E-state index contributed by atoms with van der Waals surface area (Å²) in [5, 5.41) is 8.85. The Morgan fingerprint density at radius 2 is 2.40 bits per heavy atom. The van der Waals surface area contributed by atoms with Gasteiger partial charge in [0, 0.05) is 18.8 Å². The zero-order valence-electron chi connectivity index (χ0n) is 8.48. The van der Waals surface area contributed by atoms with Crippen molar-refractivity contribution in [3.63, 3.8) is 0 Å². The SMILES string of the molecule is C=CCN1CC=Cc2ccc(C#N)cc21. The maximum atomic E-state index is 8.85. The number of hydrogen-bond donors (Lipinski definition) is 0. The minimum Gasteiger partial charge on any atom is -0.364 e. The predicted molar refractivity (Wildman–Crippen MR) is 62.6 cm³/mol. The number of rotatable bonds is 2. The molecule has 0 unspecified atom stereocenters. The molecule has 0 bridgehead atoms. The molecule has 74 valence electrons. The van der Waals surface area contributed by atoms with Crippen molar-refractivity contribution in [2.45, 2.75) is 0 Å². The Morgan fingerprint density at radius 1 is 1.53 bits per heavy atom. The third-order valence-electron chi connectivity index (χ3n) is 2.47. The van der Waals surface area contributed by atoms with Crippen LogP contribution in [0.4, 0.5) is 5.69 Å². The molecule has 1 heterocycles. The van der Waals surface area contributed by atoms with Crippen LogP contribution < -0.4 is 4.90 Å². The van der Waals surface area contributed by atoms with E-state index in [2.05, 4.69) is 29.7 Å². The Hall–Kier alpha value is -2.01. The summed E-state index contributed by atoms with van der Waals surface area (Å²) in [6.45, 7) is 5.43. The topological polar surface area (TPSA) is 27.0 Å². The van der Waals surface area contributed by atoms with Crippen molar-refractivity contribution < 1.29 is 0 Å². The van der Waals surface area contributed by atoms with Gasteiger partial charge >= 0.3 is 0 Å². The van der Waals surface area contributed by atoms with E-state index in [1.807, 2.05) is 24.3 Å². The van der Waals surface area contributed by atoms with Crippen LogP contribution in [-0.4, -0.2) is 13.1 Å². The fraction of sp³-hybridized carbons (Fsp3) is 0.154. The van der Waals surface area contributed by atoms with Crippen LogP contribution in [0.2, 0.25) is 0 Å². The van der Waals surface area contributed by atoms with Crippen LogP contribution in [0, 0.1) is 11.3 Å². The number of fused-ring (bicyclic) bond motifs is 1. The Balaban J connectivity index is 2.45. The van der Waals surface area contributed by atoms with Crippen molar-refractivity contribution >= 4 is 11.8 Å². The monoisotopic (exact) mass is 196 g/mol. The molecule has 2 rings (SSSR count). The molecular weight excluding hydrogens is 184 g/mol. The first kappa shape index (κ1) is 9.54. The molecule has 0 fully saturated rings. The van der Waals surface area contributed by atoms with Crippen molar-refractivity contribution in [3.05, 3.63) is 48.1 Å². The van der Waals surface area contributed by atoms with E-state index in [0.717, 1.165) is 18.8 Å². The molecule has 0 saturated carbocycles. The molecule has 0 saturated heterocycles. The minimum atomic E-state index is 0.707. The average molecular weight is 196 g/mol. The Bertz CT molecular complexity index is 452. The third-order valence-corrected chi connectivity index (χ3v) is 2.47. The summed E-state index contributed by atoms with van der Waals surface area (Å²) in [4.78, 5) is 2.20. The van der Waals surface area contributed by atoms with Gasteiger partial charge in [-0.25, -0.2) is 0 Å². The van der Waals surface area contributed by atoms with Crippen LogP contribution in [0.5, 0.6) is 0 Å². The highest BCUT2D eigenvalue weighted by molar-refractivity contribution is 5.72. The molecule has 0 aromatic heterocycles. The van der Waals surface area contributed by atoms with Gasteiger partial charge in [0.1, 0.15) is 0 Å². The molecule has 15 heavy (non-hydrogen) atoms. The Kier molecular flexibility index (Phi) is 2.55. The molecule has 0 atom stereocenters. The van der Waals surface area contributed by atoms with Crippen molar-refractivity contribution in [2.24, 2.45) is 0 Å². The molecule has 0 N–H and O–H groups in total. The third kappa shape index (κ3) is 1.77. The quantitative estimate of drug-likeness (QED) is 0.680. The molecule has 1 aliphatic rings. The fourth-order valence-corrected chi connectivity index (χ4v) is 1.76. The molecule has 0 amide bonds. The van der Waals surface area contributed by atoms with Gasteiger partial charge in [0.05, 0.1) is 11.6 Å². The summed E-state index contributed by atoms with van der Waals surface area (Å²) in [5.74, 6) is 0. The highest BCUT2D eigenvalue weighted by Crippen LogP contribution is 2.26. The maximum Gasteiger partial charge on any atom is 0.0992 e. The van der Waals surface area contributed by atoms with E-state index in [4.69, 9.17) is 5.26 Å². The second-order valence-corrected chi connectivity index (χ2v) is 3.48. The normalized spacial score (nSPS) is 13.1. The Morgan fingerprint density at radius 3 is 3.13 bits per heavy atom. The number of hydrogen-bond acceptors (Lipinski definition) is 2. The lowest BCUT2D eigenvalue weighted by Crippen LogP contribution is -2.25. The largest absolute Gasteiger partial charge is 0.364 e. The number of benzene rings is 1. The zero-order valence-corrected chi connectivity index (χ0v) is 8.48. The summed E-state index contributed by atoms with van der Waals surface area (Å²) >= 11 is 0. The van der Waals surface area contributed by atoms with Crippen molar-refractivity contribution in [1.82, 2.24) is 0 Å². The van der Waals surface area contributed by atoms with E-state index in [1.54, 1.807) is 0 Å². The van der Waals surface area contributed by atoms with Gasteiger partial charge < -0.3 is 4.90 Å². The molecule has 0 aliphatic carbocycles. The maximum absolute atomic E-state index is 8.85. The second kappa shape index (κ2) is 4.02. The first-order valence-corrected chi connectivity index (χ1v) is 4.91. The van der Waals surface area contributed by atoms with E-state index >= 15 is 0 Å². The molecule has 1 aromatic rings. The van der Waals surface area contributed by atoms with Crippen LogP contribution in [-0.2, 0) is 0 Å². The van der Waals surface area contributed by atoms with Gasteiger partial charge in [0.15, 0.2) is 0 Å². The standard InChI is InChI=1S/C13H12N2/c1-2-7-15-8-3-4-12-6-5-11(10-14)9-13(12)15/h2-6,9H,1,7-8H2. The van der Waals surface area contributed by atoms with Crippen molar-refractivity contribution in [1.29, 1.82) is 5.26 Å². The van der Waals surface area contributed by atoms with Gasteiger partial charge in [-0.1, -0.05) is 24.3 Å². The van der Waals surface area contributed by atoms with Gasteiger partial charge in [-0.15, -0.1) is 6.58 Å². The summed E-state index contributed by atoms with van der Waals surface area (Å²) in [7, 11) is 0. The zero-order chi connectivity index (χ0) is 10.7. The second-order valence-electron chi connectivity index (χ2n) is 3.48. The molecule has 2 nitrogen and oxygen atoms in total. The first-order chi connectivity index (χ1) is 7.35. The van der Waals surface area contributed by atoms with Crippen LogP contribution in [0.15, 0.2) is 36.9 Å². The highest BCUT2D eigenvalue weighted by atomic mass is 15.1. The average Bonchev–Trinajstić information content (AvgIpc) is 2.29. The molecule has 0 spiro atoms.